The van der Waals surface area contributed by atoms with E-state index >= 15 is 0 Å². The Hall–Kier alpha value is -4.58. The van der Waals surface area contributed by atoms with E-state index in [2.05, 4.69) is 53.1 Å². The minimum absolute atomic E-state index is 0.0446. The smallest absolute Gasteiger partial charge is 0.243 e. The molecule has 4 atom stereocenters. The molecule has 0 bridgehead atoms. The second-order valence-corrected chi connectivity index (χ2v) is 13.1. The van der Waals surface area contributed by atoms with Gasteiger partial charge in [0.2, 0.25) is 11.8 Å². The van der Waals surface area contributed by atoms with Crippen molar-refractivity contribution in [1.29, 1.82) is 0 Å². The Morgan fingerprint density at radius 1 is 0.773 bits per heavy atom. The second kappa shape index (κ2) is 9.46. The molecule has 6 heteroatoms. The van der Waals surface area contributed by atoms with Gasteiger partial charge in [0.05, 0.1) is 0 Å². The van der Waals surface area contributed by atoms with Crippen molar-refractivity contribution >= 4 is 23.2 Å². The molecule has 1 saturated heterocycles. The van der Waals surface area contributed by atoms with Gasteiger partial charge in [0.25, 0.3) is 0 Å². The number of carbonyl (C=O) groups is 2. The van der Waals surface area contributed by atoms with Crippen LogP contribution < -0.4 is 15.4 Å². The minimum Gasteiger partial charge on any atom is -0.496 e. The first kappa shape index (κ1) is 25.9. The standard InChI is InChI=1S/2C19H17NO2/c2*21-18-19(14-7-3-4-8-16(14)20-18)11-22-17-10-13-6-2-1-5-12(13)9-15(17)19/h3-4,7-10H,1-2,5-6,11H2,(H,20,21);1-4,6-8,10,12,15H,5,9,11H2,(H,20,21). The van der Waals surface area contributed by atoms with Gasteiger partial charge in [-0.2, -0.15) is 0 Å². The van der Waals surface area contributed by atoms with Crippen LogP contribution >= 0.6 is 0 Å². The summed E-state index contributed by atoms with van der Waals surface area (Å²) in [4.78, 5) is 25.6. The van der Waals surface area contributed by atoms with Crippen molar-refractivity contribution in [3.05, 3.63) is 124 Å². The molecular formula is C38H34N2O4. The summed E-state index contributed by atoms with van der Waals surface area (Å²) < 4.78 is 12.0. The third-order valence-corrected chi connectivity index (χ3v) is 11.0. The number of rotatable bonds is 0. The highest BCUT2D eigenvalue weighted by Crippen LogP contribution is 2.55. The van der Waals surface area contributed by atoms with Gasteiger partial charge < -0.3 is 20.1 Å². The first-order valence-electron chi connectivity index (χ1n) is 15.9. The fraction of sp³-hybridized carbons (Fsp3) is 0.316. The predicted molar refractivity (Wildman–Crippen MR) is 169 cm³/mol. The molecule has 220 valence electrons. The topological polar surface area (TPSA) is 76.7 Å². The van der Waals surface area contributed by atoms with E-state index < -0.39 is 10.8 Å². The maximum Gasteiger partial charge on any atom is 0.243 e. The molecule has 4 aliphatic heterocycles. The van der Waals surface area contributed by atoms with E-state index in [0.29, 0.717) is 19.1 Å². The number of hydrogen-bond donors (Lipinski definition) is 2. The summed E-state index contributed by atoms with van der Waals surface area (Å²) in [6, 6.07) is 20.4. The number of anilines is 2. The summed E-state index contributed by atoms with van der Waals surface area (Å²) in [5, 5.41) is 6.09. The molecule has 2 spiro atoms. The van der Waals surface area contributed by atoms with Crippen molar-refractivity contribution in [2.24, 2.45) is 11.8 Å². The average molecular weight is 583 g/mol. The Balaban J connectivity index is 0.000000123. The largest absolute Gasteiger partial charge is 0.496 e. The van der Waals surface area contributed by atoms with Gasteiger partial charge in [-0.3, -0.25) is 9.59 Å². The molecule has 3 aromatic carbocycles. The van der Waals surface area contributed by atoms with Crippen molar-refractivity contribution < 1.29 is 19.1 Å². The molecule has 2 amide bonds. The number of aryl methyl sites for hydroxylation is 2. The van der Waals surface area contributed by atoms with E-state index in [1.807, 2.05) is 42.5 Å². The van der Waals surface area contributed by atoms with Crippen LogP contribution in [0.3, 0.4) is 0 Å². The Kier molecular flexibility index (Phi) is 5.56. The molecule has 0 saturated carbocycles. The summed E-state index contributed by atoms with van der Waals surface area (Å²) in [5.74, 6) is 2.70. The van der Waals surface area contributed by atoms with Crippen LogP contribution in [0.25, 0.3) is 0 Å². The molecule has 7 aliphatic rings. The summed E-state index contributed by atoms with van der Waals surface area (Å²) in [6.45, 7) is 0.869. The lowest BCUT2D eigenvalue weighted by molar-refractivity contribution is -0.122. The number of fused-ring (bicyclic) bond motifs is 10. The van der Waals surface area contributed by atoms with Gasteiger partial charge in [0, 0.05) is 22.9 Å². The van der Waals surface area contributed by atoms with E-state index in [1.165, 1.54) is 29.5 Å². The number of amides is 2. The fourth-order valence-corrected chi connectivity index (χ4v) is 8.67. The summed E-state index contributed by atoms with van der Waals surface area (Å²) in [7, 11) is 0. The van der Waals surface area contributed by atoms with E-state index in [0.717, 1.165) is 65.3 Å². The van der Waals surface area contributed by atoms with Gasteiger partial charge in [0.15, 0.2) is 0 Å². The Labute approximate surface area is 256 Å². The molecular weight excluding hydrogens is 548 g/mol. The monoisotopic (exact) mass is 582 g/mol. The van der Waals surface area contributed by atoms with Crippen LogP contribution in [0.15, 0.2) is 96.3 Å². The lowest BCUT2D eigenvalue weighted by atomic mass is 9.65. The summed E-state index contributed by atoms with van der Waals surface area (Å²) >= 11 is 0. The second-order valence-electron chi connectivity index (χ2n) is 13.1. The summed E-state index contributed by atoms with van der Waals surface area (Å²) in [6.07, 6.45) is 15.5. The normalized spacial score (nSPS) is 29.4. The molecule has 2 N–H and O–H groups in total. The molecule has 3 aromatic rings. The number of allylic oxidation sites excluding steroid dienone is 6. The first-order valence-corrected chi connectivity index (χ1v) is 15.9. The highest BCUT2D eigenvalue weighted by atomic mass is 16.5. The maximum absolute atomic E-state index is 12.8. The first-order chi connectivity index (χ1) is 21.6. The van der Waals surface area contributed by atoms with Gasteiger partial charge in [-0.25, -0.2) is 0 Å². The van der Waals surface area contributed by atoms with Gasteiger partial charge in [-0.05, 0) is 96.5 Å². The third-order valence-electron chi connectivity index (χ3n) is 11.0. The van der Waals surface area contributed by atoms with Crippen LogP contribution in [0.4, 0.5) is 11.4 Å². The van der Waals surface area contributed by atoms with Gasteiger partial charge in [0.1, 0.15) is 35.6 Å². The quantitative estimate of drug-likeness (QED) is 0.317. The molecule has 1 fully saturated rings. The average Bonchev–Trinajstić information content (AvgIpc) is 3.78. The highest BCUT2D eigenvalue weighted by molar-refractivity contribution is 6.10. The Morgan fingerprint density at radius 3 is 2.34 bits per heavy atom. The van der Waals surface area contributed by atoms with Crippen LogP contribution in [-0.4, -0.2) is 25.0 Å². The van der Waals surface area contributed by atoms with E-state index in [-0.39, 0.29) is 17.7 Å². The van der Waals surface area contributed by atoms with Crippen molar-refractivity contribution in [3.8, 4) is 5.75 Å². The fourth-order valence-electron chi connectivity index (χ4n) is 8.67. The van der Waals surface area contributed by atoms with Crippen LogP contribution in [0.1, 0.15) is 53.5 Å². The zero-order valence-corrected chi connectivity index (χ0v) is 24.5. The molecule has 4 unspecified atom stereocenters. The van der Waals surface area contributed by atoms with Crippen LogP contribution in [0.5, 0.6) is 5.75 Å². The van der Waals surface area contributed by atoms with Gasteiger partial charge in [-0.15, -0.1) is 0 Å². The van der Waals surface area contributed by atoms with E-state index in [9.17, 15) is 9.59 Å². The molecule has 3 aliphatic carbocycles. The molecule has 6 nitrogen and oxygen atoms in total. The molecule has 0 aromatic heterocycles. The molecule has 44 heavy (non-hydrogen) atoms. The molecule has 10 rings (SSSR count). The van der Waals surface area contributed by atoms with Crippen LogP contribution in [0.2, 0.25) is 0 Å². The lowest BCUT2D eigenvalue weighted by Crippen LogP contribution is -2.42. The maximum atomic E-state index is 12.8. The zero-order valence-electron chi connectivity index (χ0n) is 24.5. The van der Waals surface area contributed by atoms with Crippen LogP contribution in [0, 0.1) is 11.8 Å². The van der Waals surface area contributed by atoms with Crippen molar-refractivity contribution in [3.63, 3.8) is 0 Å². The highest BCUT2D eigenvalue weighted by Gasteiger charge is 2.59. The Bertz CT molecular complexity index is 1850. The van der Waals surface area contributed by atoms with Crippen molar-refractivity contribution in [2.45, 2.75) is 49.4 Å². The lowest BCUT2D eigenvalue weighted by Gasteiger charge is -2.33. The SMILES string of the molecule is O=C1Nc2ccccc2C12COC1=CC3=CC=CCC3CC12.O=C1Nc2ccccc2C12COc1cc3c(cc12)CCCC3. The predicted octanol–water partition coefficient (Wildman–Crippen LogP) is 6.51. The number of ether oxygens (including phenoxy) is 2. The van der Waals surface area contributed by atoms with E-state index in [4.69, 9.17) is 9.47 Å². The number of hydrogen-bond acceptors (Lipinski definition) is 4. The van der Waals surface area contributed by atoms with Gasteiger partial charge in [-0.1, -0.05) is 60.7 Å². The van der Waals surface area contributed by atoms with Gasteiger partial charge >= 0.3 is 0 Å². The number of benzene rings is 3. The summed E-state index contributed by atoms with van der Waals surface area (Å²) in [5.41, 5.74) is 8.02. The number of carbonyl (C=O) groups excluding carboxylic acids is 2. The van der Waals surface area contributed by atoms with Crippen molar-refractivity contribution in [2.75, 3.05) is 23.8 Å². The molecule has 4 heterocycles. The van der Waals surface area contributed by atoms with Crippen molar-refractivity contribution in [1.82, 2.24) is 0 Å². The third kappa shape index (κ3) is 3.48. The number of para-hydroxylation sites is 2. The van der Waals surface area contributed by atoms with E-state index in [1.54, 1.807) is 0 Å². The van der Waals surface area contributed by atoms with Crippen LogP contribution in [-0.2, 0) is 38.0 Å². The number of nitrogens with one attached hydrogen (secondary N) is 2. The minimum atomic E-state index is -0.654. The Morgan fingerprint density at radius 2 is 1.50 bits per heavy atom. The molecule has 0 radical (unpaired) electrons. The zero-order chi connectivity index (χ0) is 29.5.